The Morgan fingerprint density at radius 2 is 1.67 bits per heavy atom. The lowest BCUT2D eigenvalue weighted by Gasteiger charge is -2.37. The molecule has 1 aliphatic heterocycles. The van der Waals surface area contributed by atoms with Gasteiger partial charge in [-0.15, -0.1) is 0 Å². The van der Waals surface area contributed by atoms with Gasteiger partial charge in [0.1, 0.15) is 6.04 Å². The molecule has 1 aliphatic rings. The van der Waals surface area contributed by atoms with Gasteiger partial charge in [-0.2, -0.15) is 0 Å². The molecule has 1 saturated heterocycles. The molecule has 124 valence electrons. The van der Waals surface area contributed by atoms with Crippen LogP contribution in [0.25, 0.3) is 11.1 Å². The summed E-state index contributed by atoms with van der Waals surface area (Å²) in [5, 5.41) is 2.85. The third-order valence-corrected chi connectivity index (χ3v) is 4.39. The molecule has 3 rings (SSSR count). The predicted molar refractivity (Wildman–Crippen MR) is 94.6 cm³/mol. The minimum Gasteiger partial charge on any atom is -0.353 e. The number of nitrogens with one attached hydrogen (secondary N) is 1. The van der Waals surface area contributed by atoms with Crippen LogP contribution >= 0.6 is 0 Å². The molecule has 1 heterocycles. The first-order valence-electron chi connectivity index (χ1n) is 8.32. The molecular weight excluding hydrogens is 300 g/mol. The topological polar surface area (TPSA) is 49.4 Å². The number of amides is 2. The molecule has 0 aromatic heterocycles. The average Bonchev–Trinajstić information content (AvgIpc) is 2.61. The summed E-state index contributed by atoms with van der Waals surface area (Å²) in [4.78, 5) is 26.7. The summed E-state index contributed by atoms with van der Waals surface area (Å²) in [5.41, 5.74) is 2.81. The van der Waals surface area contributed by atoms with Crippen LogP contribution in [0.5, 0.6) is 0 Å². The summed E-state index contributed by atoms with van der Waals surface area (Å²) in [6, 6.07) is 17.2. The van der Waals surface area contributed by atoms with E-state index >= 15 is 0 Å². The first-order valence-corrected chi connectivity index (χ1v) is 8.32. The molecule has 0 radical (unpaired) electrons. The molecule has 1 fully saturated rings. The highest BCUT2D eigenvalue weighted by atomic mass is 16.2. The third kappa shape index (κ3) is 3.18. The maximum absolute atomic E-state index is 12.9. The number of carbonyl (C=O) groups is 2. The van der Waals surface area contributed by atoms with Gasteiger partial charge in [0.15, 0.2) is 0 Å². The van der Waals surface area contributed by atoms with Crippen molar-refractivity contribution < 1.29 is 9.59 Å². The SMILES string of the molecule is CC(C)C1C(=O)NCCN1C(=O)c1ccc(-c2ccccc2)cc1. The molecule has 1 unspecified atom stereocenters. The number of carbonyl (C=O) groups excluding carboxylic acids is 2. The fraction of sp³-hybridized carbons (Fsp3) is 0.300. The number of nitrogens with zero attached hydrogens (tertiary/aromatic N) is 1. The van der Waals surface area contributed by atoms with E-state index in [2.05, 4.69) is 5.32 Å². The van der Waals surface area contributed by atoms with Crippen LogP contribution in [0, 0.1) is 5.92 Å². The van der Waals surface area contributed by atoms with Crippen LogP contribution in [-0.4, -0.2) is 35.8 Å². The van der Waals surface area contributed by atoms with Crippen molar-refractivity contribution in [3.05, 3.63) is 60.2 Å². The van der Waals surface area contributed by atoms with Gasteiger partial charge in [0.05, 0.1) is 0 Å². The zero-order chi connectivity index (χ0) is 17.1. The number of piperazine rings is 1. The van der Waals surface area contributed by atoms with Crippen LogP contribution in [0.4, 0.5) is 0 Å². The second-order valence-electron chi connectivity index (χ2n) is 6.42. The van der Waals surface area contributed by atoms with E-state index in [9.17, 15) is 9.59 Å². The fourth-order valence-corrected chi connectivity index (χ4v) is 3.18. The molecule has 2 amide bonds. The Balaban J connectivity index is 1.83. The van der Waals surface area contributed by atoms with Gasteiger partial charge in [-0.1, -0.05) is 56.3 Å². The monoisotopic (exact) mass is 322 g/mol. The van der Waals surface area contributed by atoms with Gasteiger partial charge < -0.3 is 10.2 Å². The van der Waals surface area contributed by atoms with Gasteiger partial charge in [-0.3, -0.25) is 9.59 Å². The Kier molecular flexibility index (Phi) is 4.65. The van der Waals surface area contributed by atoms with E-state index in [1.54, 1.807) is 4.90 Å². The smallest absolute Gasteiger partial charge is 0.254 e. The van der Waals surface area contributed by atoms with E-state index in [1.807, 2.05) is 68.4 Å². The average molecular weight is 322 g/mol. The van der Waals surface area contributed by atoms with Crippen molar-refractivity contribution in [2.24, 2.45) is 5.92 Å². The van der Waals surface area contributed by atoms with Crippen LogP contribution < -0.4 is 5.32 Å². The summed E-state index contributed by atoms with van der Waals surface area (Å²) in [6.07, 6.45) is 0. The quantitative estimate of drug-likeness (QED) is 0.944. The van der Waals surface area contributed by atoms with Crippen molar-refractivity contribution >= 4 is 11.8 Å². The molecule has 0 bridgehead atoms. The molecule has 4 nitrogen and oxygen atoms in total. The molecule has 2 aromatic carbocycles. The Hall–Kier alpha value is -2.62. The molecule has 1 N–H and O–H groups in total. The van der Waals surface area contributed by atoms with Gasteiger partial charge in [0.25, 0.3) is 5.91 Å². The van der Waals surface area contributed by atoms with Gasteiger partial charge in [0, 0.05) is 18.7 Å². The largest absolute Gasteiger partial charge is 0.353 e. The highest BCUT2D eigenvalue weighted by Crippen LogP contribution is 2.22. The standard InChI is InChI=1S/C20H22N2O2/c1-14(2)18-19(23)21-12-13-22(18)20(24)17-10-8-16(9-11-17)15-6-4-3-5-7-15/h3-11,14,18H,12-13H2,1-2H3,(H,21,23). The molecule has 1 atom stereocenters. The summed E-state index contributed by atoms with van der Waals surface area (Å²) >= 11 is 0. The summed E-state index contributed by atoms with van der Waals surface area (Å²) < 4.78 is 0. The van der Waals surface area contributed by atoms with E-state index in [4.69, 9.17) is 0 Å². The van der Waals surface area contributed by atoms with Gasteiger partial charge >= 0.3 is 0 Å². The van der Waals surface area contributed by atoms with E-state index in [-0.39, 0.29) is 17.7 Å². The Labute approximate surface area is 142 Å². The summed E-state index contributed by atoms with van der Waals surface area (Å²) in [7, 11) is 0. The van der Waals surface area contributed by atoms with Gasteiger partial charge in [0.2, 0.25) is 5.91 Å². The Morgan fingerprint density at radius 1 is 1.04 bits per heavy atom. The highest BCUT2D eigenvalue weighted by molar-refractivity contribution is 5.98. The minimum absolute atomic E-state index is 0.0643. The molecular formula is C20H22N2O2. The van der Waals surface area contributed by atoms with Crippen molar-refractivity contribution in [2.75, 3.05) is 13.1 Å². The first kappa shape index (κ1) is 16.2. The zero-order valence-corrected chi connectivity index (χ0v) is 14.0. The lowest BCUT2D eigenvalue weighted by molar-refractivity contribution is -0.129. The van der Waals surface area contributed by atoms with Crippen LogP contribution in [0.15, 0.2) is 54.6 Å². The van der Waals surface area contributed by atoms with E-state index in [1.165, 1.54) is 0 Å². The van der Waals surface area contributed by atoms with Crippen LogP contribution in [0.3, 0.4) is 0 Å². The number of benzene rings is 2. The molecule has 24 heavy (non-hydrogen) atoms. The maximum atomic E-state index is 12.9. The second kappa shape index (κ2) is 6.87. The third-order valence-electron chi connectivity index (χ3n) is 4.39. The normalized spacial score (nSPS) is 17.7. The Morgan fingerprint density at radius 3 is 2.29 bits per heavy atom. The van der Waals surface area contributed by atoms with Gasteiger partial charge in [-0.25, -0.2) is 0 Å². The molecule has 0 aliphatic carbocycles. The highest BCUT2D eigenvalue weighted by Gasteiger charge is 2.35. The molecule has 0 saturated carbocycles. The lowest BCUT2D eigenvalue weighted by atomic mass is 9.98. The minimum atomic E-state index is -0.403. The first-order chi connectivity index (χ1) is 11.6. The number of hydrogen-bond acceptors (Lipinski definition) is 2. The van der Waals surface area contributed by atoms with Crippen molar-refractivity contribution in [3.63, 3.8) is 0 Å². The Bertz CT molecular complexity index is 723. The van der Waals surface area contributed by atoms with Gasteiger partial charge in [-0.05, 0) is 29.2 Å². The van der Waals surface area contributed by atoms with E-state index < -0.39 is 6.04 Å². The lowest BCUT2D eigenvalue weighted by Crippen LogP contribution is -2.59. The summed E-state index contributed by atoms with van der Waals surface area (Å²) in [5.74, 6) is -0.0634. The van der Waals surface area contributed by atoms with Crippen molar-refractivity contribution in [3.8, 4) is 11.1 Å². The molecule has 4 heteroatoms. The molecule has 0 spiro atoms. The second-order valence-corrected chi connectivity index (χ2v) is 6.42. The summed E-state index contributed by atoms with van der Waals surface area (Å²) in [6.45, 7) is 4.99. The number of rotatable bonds is 3. The fourth-order valence-electron chi connectivity index (χ4n) is 3.18. The predicted octanol–water partition coefficient (Wildman–Crippen LogP) is 2.95. The zero-order valence-electron chi connectivity index (χ0n) is 14.0. The molecule has 2 aromatic rings. The van der Waals surface area contributed by atoms with Crippen molar-refractivity contribution in [2.45, 2.75) is 19.9 Å². The van der Waals surface area contributed by atoms with Crippen LogP contribution in [-0.2, 0) is 4.79 Å². The van der Waals surface area contributed by atoms with Crippen molar-refractivity contribution in [1.29, 1.82) is 0 Å². The van der Waals surface area contributed by atoms with E-state index in [0.717, 1.165) is 11.1 Å². The van der Waals surface area contributed by atoms with Crippen LogP contribution in [0.1, 0.15) is 24.2 Å². The van der Waals surface area contributed by atoms with Crippen molar-refractivity contribution in [1.82, 2.24) is 10.2 Å². The van der Waals surface area contributed by atoms with E-state index in [0.29, 0.717) is 18.7 Å². The number of hydrogen-bond donors (Lipinski definition) is 1. The maximum Gasteiger partial charge on any atom is 0.254 e. The van der Waals surface area contributed by atoms with Crippen LogP contribution in [0.2, 0.25) is 0 Å².